The van der Waals surface area contributed by atoms with Crippen LogP contribution in [0.3, 0.4) is 0 Å². The second-order valence-electron chi connectivity index (χ2n) is 8.27. The molecule has 2 aromatic rings. The Labute approximate surface area is 189 Å². The lowest BCUT2D eigenvalue weighted by Gasteiger charge is -2.40. The lowest BCUT2D eigenvalue weighted by molar-refractivity contribution is -0.128. The molecule has 2 aliphatic heterocycles. The zero-order valence-electron chi connectivity index (χ0n) is 18.4. The number of hydrogen-bond donors (Lipinski definition) is 1. The molecular weight excluding hydrogens is 428 g/mol. The van der Waals surface area contributed by atoms with Gasteiger partial charge in [-0.3, -0.25) is 4.79 Å². The molecule has 0 unspecified atom stereocenters. The number of amides is 1. The minimum atomic E-state index is -3.71. The zero-order valence-corrected chi connectivity index (χ0v) is 19.2. The van der Waals surface area contributed by atoms with Crippen molar-refractivity contribution in [3.8, 4) is 11.5 Å². The van der Waals surface area contributed by atoms with Crippen LogP contribution in [0.25, 0.3) is 0 Å². The van der Waals surface area contributed by atoms with Gasteiger partial charge in [-0.25, -0.2) is 8.42 Å². The van der Waals surface area contributed by atoms with Crippen LogP contribution in [0.4, 0.5) is 0 Å². The van der Waals surface area contributed by atoms with Crippen molar-refractivity contribution in [2.45, 2.75) is 42.9 Å². The Morgan fingerprint density at radius 2 is 1.72 bits per heavy atom. The van der Waals surface area contributed by atoms with Gasteiger partial charge in [-0.15, -0.1) is 0 Å². The molecule has 4 rings (SSSR count). The van der Waals surface area contributed by atoms with Gasteiger partial charge in [0.05, 0.1) is 10.3 Å². The van der Waals surface area contributed by atoms with Gasteiger partial charge in [-0.05, 0) is 37.0 Å². The molecule has 0 bridgehead atoms. The number of carbonyl (C=O) groups is 1. The Kier molecular flexibility index (Phi) is 6.71. The number of hydrogen-bond acceptors (Lipinski definition) is 5. The molecule has 0 saturated carbocycles. The standard InChI is InChI=1S/C24H30N2O5S/c1-2-3-13-25-23(27)24(19-7-5-4-6-8-19)11-14-26(15-12-24)32(28,29)20-9-10-21-22(18-20)31-17-16-30-21/h4-10,18H,2-3,11-17H2,1H3,(H,25,27). The quantitative estimate of drug-likeness (QED) is 0.645. The number of nitrogens with zero attached hydrogens (tertiary/aromatic N) is 1. The van der Waals surface area contributed by atoms with Crippen LogP contribution in [0.2, 0.25) is 0 Å². The Hall–Kier alpha value is -2.58. The van der Waals surface area contributed by atoms with Gasteiger partial charge in [0.2, 0.25) is 15.9 Å². The maximum Gasteiger partial charge on any atom is 0.243 e. The van der Waals surface area contributed by atoms with E-state index in [0.29, 0.717) is 44.1 Å². The van der Waals surface area contributed by atoms with Gasteiger partial charge in [-0.1, -0.05) is 43.7 Å². The first-order chi connectivity index (χ1) is 15.5. The molecule has 1 fully saturated rings. The summed E-state index contributed by atoms with van der Waals surface area (Å²) in [5.41, 5.74) is 0.207. The molecule has 0 spiro atoms. The Balaban J connectivity index is 1.55. The number of rotatable bonds is 7. The molecule has 172 valence electrons. The van der Waals surface area contributed by atoms with E-state index in [1.54, 1.807) is 12.1 Å². The smallest absolute Gasteiger partial charge is 0.243 e. The van der Waals surface area contributed by atoms with Crippen LogP contribution in [-0.4, -0.2) is 51.5 Å². The van der Waals surface area contributed by atoms with Crippen molar-refractivity contribution in [1.29, 1.82) is 0 Å². The summed E-state index contributed by atoms with van der Waals surface area (Å²) in [6.07, 6.45) is 2.78. The van der Waals surface area contributed by atoms with Crippen LogP contribution in [0, 0.1) is 0 Å². The molecule has 8 heteroatoms. The number of fused-ring (bicyclic) bond motifs is 1. The van der Waals surface area contributed by atoms with E-state index in [1.165, 1.54) is 10.4 Å². The van der Waals surface area contributed by atoms with Crippen LogP contribution in [0.15, 0.2) is 53.4 Å². The van der Waals surface area contributed by atoms with Gasteiger partial charge in [0.25, 0.3) is 0 Å². The lowest BCUT2D eigenvalue weighted by Crippen LogP contribution is -2.52. The van der Waals surface area contributed by atoms with E-state index >= 15 is 0 Å². The summed E-state index contributed by atoms with van der Waals surface area (Å²) >= 11 is 0. The molecule has 2 aliphatic rings. The maximum atomic E-state index is 13.3. The molecule has 0 radical (unpaired) electrons. The molecule has 7 nitrogen and oxygen atoms in total. The first-order valence-electron chi connectivity index (χ1n) is 11.2. The zero-order chi connectivity index (χ0) is 22.6. The van der Waals surface area contributed by atoms with Crippen molar-refractivity contribution in [3.63, 3.8) is 0 Å². The van der Waals surface area contributed by atoms with Crippen molar-refractivity contribution < 1.29 is 22.7 Å². The SMILES string of the molecule is CCCCNC(=O)C1(c2ccccc2)CCN(S(=O)(=O)c2ccc3c(c2)OCCO3)CC1. The van der Waals surface area contributed by atoms with E-state index in [9.17, 15) is 13.2 Å². The molecule has 2 heterocycles. The third-order valence-corrected chi connectivity index (χ3v) is 8.20. The van der Waals surface area contributed by atoms with Crippen LogP contribution in [0.1, 0.15) is 38.2 Å². The molecule has 32 heavy (non-hydrogen) atoms. The number of sulfonamides is 1. The molecule has 2 aromatic carbocycles. The highest BCUT2D eigenvalue weighted by molar-refractivity contribution is 7.89. The van der Waals surface area contributed by atoms with Gasteiger partial charge in [0.15, 0.2) is 11.5 Å². The van der Waals surface area contributed by atoms with Crippen molar-refractivity contribution in [3.05, 3.63) is 54.1 Å². The van der Waals surface area contributed by atoms with E-state index < -0.39 is 15.4 Å². The fourth-order valence-corrected chi connectivity index (χ4v) is 5.85. The predicted octanol–water partition coefficient (Wildman–Crippen LogP) is 3.10. The van der Waals surface area contributed by atoms with Crippen molar-refractivity contribution in [2.24, 2.45) is 0 Å². The summed E-state index contributed by atoms with van der Waals surface area (Å²) in [5, 5.41) is 3.07. The van der Waals surface area contributed by atoms with E-state index in [-0.39, 0.29) is 23.9 Å². The lowest BCUT2D eigenvalue weighted by atomic mass is 9.72. The average molecular weight is 459 g/mol. The van der Waals surface area contributed by atoms with Gasteiger partial charge in [0, 0.05) is 25.7 Å². The van der Waals surface area contributed by atoms with Crippen molar-refractivity contribution in [2.75, 3.05) is 32.8 Å². The third kappa shape index (κ3) is 4.34. The molecule has 0 aromatic heterocycles. The minimum absolute atomic E-state index is 0.0199. The molecule has 1 saturated heterocycles. The molecule has 0 aliphatic carbocycles. The summed E-state index contributed by atoms with van der Waals surface area (Å²) in [6.45, 7) is 4.10. The average Bonchev–Trinajstić information content (AvgIpc) is 2.84. The highest BCUT2D eigenvalue weighted by atomic mass is 32.2. The van der Waals surface area contributed by atoms with Gasteiger partial charge in [-0.2, -0.15) is 4.31 Å². The maximum absolute atomic E-state index is 13.3. The summed E-state index contributed by atoms with van der Waals surface area (Å²) in [7, 11) is -3.71. The number of ether oxygens (including phenoxy) is 2. The minimum Gasteiger partial charge on any atom is -0.486 e. The van der Waals surface area contributed by atoms with Crippen LogP contribution < -0.4 is 14.8 Å². The number of piperidine rings is 1. The van der Waals surface area contributed by atoms with Gasteiger partial charge < -0.3 is 14.8 Å². The second kappa shape index (κ2) is 9.50. The van der Waals surface area contributed by atoms with Gasteiger partial charge in [0.1, 0.15) is 13.2 Å². The van der Waals surface area contributed by atoms with E-state index in [4.69, 9.17) is 9.47 Å². The fraction of sp³-hybridized carbons (Fsp3) is 0.458. The van der Waals surface area contributed by atoms with E-state index in [0.717, 1.165) is 18.4 Å². The Bertz CT molecular complexity index is 1050. The van der Waals surface area contributed by atoms with Crippen LogP contribution in [-0.2, 0) is 20.2 Å². The normalized spacial score (nSPS) is 18.2. The Morgan fingerprint density at radius 3 is 2.41 bits per heavy atom. The highest BCUT2D eigenvalue weighted by Gasteiger charge is 2.45. The summed E-state index contributed by atoms with van der Waals surface area (Å²) < 4.78 is 39.2. The number of unbranched alkanes of at least 4 members (excludes halogenated alkanes) is 1. The topological polar surface area (TPSA) is 84.9 Å². The molecule has 0 atom stereocenters. The molecule has 1 amide bonds. The van der Waals surface area contributed by atoms with Gasteiger partial charge >= 0.3 is 0 Å². The number of carbonyl (C=O) groups excluding carboxylic acids is 1. The summed E-state index contributed by atoms with van der Waals surface area (Å²) in [4.78, 5) is 13.5. The van der Waals surface area contributed by atoms with E-state index in [2.05, 4.69) is 12.2 Å². The first-order valence-corrected chi connectivity index (χ1v) is 12.6. The van der Waals surface area contributed by atoms with Crippen LogP contribution >= 0.6 is 0 Å². The summed E-state index contributed by atoms with van der Waals surface area (Å²) in [5.74, 6) is 0.984. The summed E-state index contributed by atoms with van der Waals surface area (Å²) in [6, 6.07) is 14.4. The highest BCUT2D eigenvalue weighted by Crippen LogP contribution is 2.39. The first kappa shape index (κ1) is 22.6. The number of nitrogens with one attached hydrogen (secondary N) is 1. The largest absolute Gasteiger partial charge is 0.486 e. The number of benzene rings is 2. The monoisotopic (exact) mass is 458 g/mol. The fourth-order valence-electron chi connectivity index (χ4n) is 4.39. The van der Waals surface area contributed by atoms with Crippen molar-refractivity contribution >= 4 is 15.9 Å². The Morgan fingerprint density at radius 1 is 1.03 bits per heavy atom. The third-order valence-electron chi connectivity index (χ3n) is 6.30. The van der Waals surface area contributed by atoms with Crippen LogP contribution in [0.5, 0.6) is 11.5 Å². The molecular formula is C24H30N2O5S. The van der Waals surface area contributed by atoms with E-state index in [1.807, 2.05) is 30.3 Å². The molecule has 1 N–H and O–H groups in total. The predicted molar refractivity (Wildman–Crippen MR) is 121 cm³/mol. The van der Waals surface area contributed by atoms with Crippen molar-refractivity contribution in [1.82, 2.24) is 9.62 Å². The second-order valence-corrected chi connectivity index (χ2v) is 10.2.